The Balaban J connectivity index is 1.36. The Morgan fingerprint density at radius 1 is 1.26 bits per heavy atom. The number of aromatic nitrogens is 2. The number of carbonyl (C=O) groups excluding carboxylic acids is 1. The number of fused-ring (bicyclic) bond motifs is 3. The molecule has 0 unspecified atom stereocenters. The minimum absolute atomic E-state index is 0.0921. The molecule has 6 nitrogen and oxygen atoms in total. The van der Waals surface area contributed by atoms with Crippen molar-refractivity contribution in [2.75, 3.05) is 6.54 Å². The van der Waals surface area contributed by atoms with E-state index in [1.54, 1.807) is 19.2 Å². The van der Waals surface area contributed by atoms with Crippen LogP contribution in [0.25, 0.3) is 11.0 Å². The monoisotopic (exact) mass is 497 g/mol. The van der Waals surface area contributed by atoms with Crippen LogP contribution in [0.3, 0.4) is 0 Å². The number of carbonyl (C=O) groups is 2. The van der Waals surface area contributed by atoms with Gasteiger partial charge in [0, 0.05) is 36.8 Å². The Bertz CT molecular complexity index is 1300. The first-order chi connectivity index (χ1) is 16.7. The van der Waals surface area contributed by atoms with E-state index in [0.717, 1.165) is 41.6 Å². The van der Waals surface area contributed by atoms with Crippen molar-refractivity contribution in [1.82, 2.24) is 14.5 Å². The van der Waals surface area contributed by atoms with E-state index in [1.807, 2.05) is 17.0 Å². The van der Waals surface area contributed by atoms with E-state index >= 15 is 0 Å². The van der Waals surface area contributed by atoms with Gasteiger partial charge in [0.1, 0.15) is 11.5 Å². The summed E-state index contributed by atoms with van der Waals surface area (Å²) in [6.07, 6.45) is 5.70. The van der Waals surface area contributed by atoms with Crippen LogP contribution in [0.15, 0.2) is 36.5 Å². The van der Waals surface area contributed by atoms with Gasteiger partial charge in [-0.2, -0.15) is 0 Å². The molecule has 35 heavy (non-hydrogen) atoms. The van der Waals surface area contributed by atoms with Crippen molar-refractivity contribution in [2.24, 2.45) is 11.3 Å². The van der Waals surface area contributed by atoms with Crippen LogP contribution in [0.1, 0.15) is 55.8 Å². The molecule has 0 radical (unpaired) electrons. The van der Waals surface area contributed by atoms with Crippen LogP contribution in [0.4, 0.5) is 4.39 Å². The summed E-state index contributed by atoms with van der Waals surface area (Å²) in [6, 6.07) is 8.79. The summed E-state index contributed by atoms with van der Waals surface area (Å²) in [6.45, 7) is 3.38. The molecule has 2 aromatic heterocycles. The molecular formula is C27H29ClFN3O3. The largest absolute Gasteiger partial charge is 0.481 e. The number of hydrogen-bond donors (Lipinski definition) is 1. The fourth-order valence-electron chi connectivity index (χ4n) is 5.57. The van der Waals surface area contributed by atoms with Crippen LogP contribution in [0, 0.1) is 17.2 Å². The first-order valence-electron chi connectivity index (χ1n) is 12.2. The van der Waals surface area contributed by atoms with Gasteiger partial charge in [0.2, 0.25) is 5.91 Å². The summed E-state index contributed by atoms with van der Waals surface area (Å²) in [5.74, 6) is -0.860. The lowest BCUT2D eigenvalue weighted by Gasteiger charge is -2.35. The fraction of sp³-hybridized carbons (Fsp3) is 0.444. The average Bonchev–Trinajstić information content (AvgIpc) is 3.16. The van der Waals surface area contributed by atoms with E-state index in [-0.39, 0.29) is 16.8 Å². The summed E-state index contributed by atoms with van der Waals surface area (Å²) >= 11 is 5.87. The number of nitrogens with zero attached hydrogens (tertiary/aromatic N) is 3. The number of carboxylic acid groups (broad SMARTS) is 1. The third-order valence-electron chi connectivity index (χ3n) is 7.88. The zero-order valence-corrected chi connectivity index (χ0v) is 20.5. The van der Waals surface area contributed by atoms with Crippen LogP contribution < -0.4 is 0 Å². The van der Waals surface area contributed by atoms with E-state index in [1.165, 1.54) is 11.6 Å². The number of rotatable bonds is 5. The van der Waals surface area contributed by atoms with Crippen molar-refractivity contribution in [3.8, 4) is 0 Å². The zero-order valence-electron chi connectivity index (χ0n) is 19.8. The van der Waals surface area contributed by atoms with E-state index in [4.69, 9.17) is 11.6 Å². The molecular weight excluding hydrogens is 469 g/mol. The van der Waals surface area contributed by atoms with Crippen LogP contribution in [0.5, 0.6) is 0 Å². The lowest BCUT2D eigenvalue weighted by Crippen LogP contribution is -2.39. The molecule has 1 saturated carbocycles. The zero-order chi connectivity index (χ0) is 24.7. The van der Waals surface area contributed by atoms with E-state index in [0.29, 0.717) is 38.9 Å². The van der Waals surface area contributed by atoms with Crippen LogP contribution >= 0.6 is 11.6 Å². The topological polar surface area (TPSA) is 75.4 Å². The smallest absolute Gasteiger partial charge is 0.309 e. The quantitative estimate of drug-likeness (QED) is 0.509. The number of hydrogen-bond acceptors (Lipinski definition) is 3. The van der Waals surface area contributed by atoms with Gasteiger partial charge in [-0.1, -0.05) is 17.7 Å². The Hall–Kier alpha value is -2.93. The molecule has 184 valence electrons. The number of aliphatic carboxylic acids is 1. The van der Waals surface area contributed by atoms with Crippen LogP contribution in [0.2, 0.25) is 5.02 Å². The normalized spacial score (nSPS) is 22.3. The van der Waals surface area contributed by atoms with Gasteiger partial charge in [-0.25, -0.2) is 9.37 Å². The average molecular weight is 498 g/mol. The molecule has 5 rings (SSSR count). The van der Waals surface area contributed by atoms with Gasteiger partial charge in [-0.15, -0.1) is 0 Å². The summed E-state index contributed by atoms with van der Waals surface area (Å²) in [5.41, 5.74) is 3.18. The summed E-state index contributed by atoms with van der Waals surface area (Å²) in [5, 5.41) is 10.6. The van der Waals surface area contributed by atoms with Gasteiger partial charge >= 0.3 is 5.97 Å². The molecule has 0 atom stereocenters. The van der Waals surface area contributed by atoms with Crippen molar-refractivity contribution < 1.29 is 19.1 Å². The van der Waals surface area contributed by atoms with Gasteiger partial charge in [0.05, 0.1) is 17.0 Å². The van der Waals surface area contributed by atoms with E-state index in [2.05, 4.69) is 15.6 Å². The molecule has 0 spiro atoms. The van der Waals surface area contributed by atoms with Gasteiger partial charge in [-0.05, 0) is 80.3 Å². The number of halogens is 2. The summed E-state index contributed by atoms with van der Waals surface area (Å²) < 4.78 is 16.2. The Kier molecular flexibility index (Phi) is 6.30. The predicted octanol–water partition coefficient (Wildman–Crippen LogP) is 5.43. The van der Waals surface area contributed by atoms with Crippen molar-refractivity contribution in [3.05, 3.63) is 64.2 Å². The molecule has 0 bridgehead atoms. The second kappa shape index (κ2) is 9.26. The molecule has 2 aliphatic rings. The van der Waals surface area contributed by atoms with Gasteiger partial charge in [0.25, 0.3) is 0 Å². The molecule has 1 aliphatic heterocycles. The maximum absolute atomic E-state index is 14.1. The minimum atomic E-state index is -0.743. The Labute approximate surface area is 208 Å². The lowest BCUT2D eigenvalue weighted by molar-refractivity contribution is -0.150. The molecule has 1 N–H and O–H groups in total. The second-order valence-corrected chi connectivity index (χ2v) is 10.6. The molecule has 1 aromatic carbocycles. The number of carboxylic acids is 1. The number of benzene rings is 1. The molecule has 3 heterocycles. The van der Waals surface area contributed by atoms with Crippen molar-refractivity contribution in [1.29, 1.82) is 0 Å². The SMILES string of the molecule is C[C@]1(C(=O)O)CC[C@H](CC(=O)N2CCc3c(n(Cc4ccc(Cl)c(F)c4)c4ncccc34)C2)CC1. The van der Waals surface area contributed by atoms with Crippen LogP contribution in [-0.2, 0) is 29.1 Å². The predicted molar refractivity (Wildman–Crippen MR) is 132 cm³/mol. The molecule has 1 amide bonds. The lowest BCUT2D eigenvalue weighted by atomic mass is 9.71. The molecule has 1 fully saturated rings. The third kappa shape index (κ3) is 4.54. The minimum Gasteiger partial charge on any atom is -0.481 e. The number of pyridine rings is 1. The molecule has 0 saturated heterocycles. The highest BCUT2D eigenvalue weighted by Crippen LogP contribution is 2.40. The first-order valence-corrected chi connectivity index (χ1v) is 12.5. The van der Waals surface area contributed by atoms with Gasteiger partial charge < -0.3 is 14.6 Å². The van der Waals surface area contributed by atoms with Crippen molar-refractivity contribution >= 4 is 34.5 Å². The van der Waals surface area contributed by atoms with E-state index < -0.39 is 17.2 Å². The van der Waals surface area contributed by atoms with Gasteiger partial charge in [0.15, 0.2) is 0 Å². The maximum atomic E-state index is 14.1. The molecule has 1 aliphatic carbocycles. The van der Waals surface area contributed by atoms with E-state index in [9.17, 15) is 19.1 Å². The van der Waals surface area contributed by atoms with Crippen molar-refractivity contribution in [3.63, 3.8) is 0 Å². The van der Waals surface area contributed by atoms with Crippen molar-refractivity contribution in [2.45, 2.75) is 58.5 Å². The maximum Gasteiger partial charge on any atom is 0.309 e. The molecule has 3 aromatic rings. The highest BCUT2D eigenvalue weighted by Gasteiger charge is 2.38. The third-order valence-corrected chi connectivity index (χ3v) is 8.19. The summed E-state index contributed by atoms with van der Waals surface area (Å²) in [7, 11) is 0. The first kappa shape index (κ1) is 23.8. The fourth-order valence-corrected chi connectivity index (χ4v) is 5.69. The Morgan fingerprint density at radius 3 is 2.74 bits per heavy atom. The van der Waals surface area contributed by atoms with Gasteiger partial charge in [-0.3, -0.25) is 9.59 Å². The second-order valence-electron chi connectivity index (χ2n) is 10.2. The van der Waals surface area contributed by atoms with Crippen LogP contribution in [-0.4, -0.2) is 38.0 Å². The standard InChI is InChI=1S/C27H29ClFN3O3/c1-27(26(34)35)9-6-17(7-10-27)14-24(33)31-12-8-19-20-3-2-11-30-25(20)32(23(19)16-31)15-18-4-5-21(28)22(29)13-18/h2-5,11,13,17H,6-10,12,14-16H2,1H3,(H,34,35)/t17-,27-. The summed E-state index contributed by atoms with van der Waals surface area (Å²) in [4.78, 5) is 31.3. The Morgan fingerprint density at radius 2 is 2.03 bits per heavy atom. The molecule has 8 heteroatoms. The number of amides is 1. The highest BCUT2D eigenvalue weighted by atomic mass is 35.5. The highest BCUT2D eigenvalue weighted by molar-refractivity contribution is 6.30.